The highest BCUT2D eigenvalue weighted by Crippen LogP contribution is 2.28. The fraction of sp³-hybridized carbons (Fsp3) is 0.103. The van der Waals surface area contributed by atoms with Gasteiger partial charge in [-0.2, -0.15) is 0 Å². The zero-order chi connectivity index (χ0) is 23.0. The molecule has 4 nitrogen and oxygen atoms in total. The summed E-state index contributed by atoms with van der Waals surface area (Å²) in [4.78, 5) is 25.3. The lowest BCUT2D eigenvalue weighted by atomic mass is 9.90. The minimum atomic E-state index is -1.07. The van der Waals surface area contributed by atoms with Gasteiger partial charge in [0.15, 0.2) is 0 Å². The van der Waals surface area contributed by atoms with Gasteiger partial charge in [-0.15, -0.1) is 0 Å². The molecule has 0 radical (unpaired) electrons. The van der Waals surface area contributed by atoms with Crippen molar-refractivity contribution in [2.24, 2.45) is 0 Å². The predicted molar refractivity (Wildman–Crippen MR) is 131 cm³/mol. The summed E-state index contributed by atoms with van der Waals surface area (Å²) in [6, 6.07) is 34.3. The molecule has 0 aliphatic rings. The van der Waals surface area contributed by atoms with Crippen LogP contribution in [0.25, 0.3) is 0 Å². The molecule has 0 unspecified atom stereocenters. The summed E-state index contributed by atoms with van der Waals surface area (Å²) in [6.45, 7) is 0. The van der Waals surface area contributed by atoms with E-state index in [1.807, 2.05) is 84.9 Å². The number of rotatable bonds is 8. The van der Waals surface area contributed by atoms with E-state index in [0.29, 0.717) is 5.69 Å². The molecule has 0 aromatic heterocycles. The number of benzene rings is 4. The van der Waals surface area contributed by atoms with Crippen molar-refractivity contribution in [3.05, 3.63) is 137 Å². The van der Waals surface area contributed by atoms with Crippen molar-refractivity contribution in [2.75, 3.05) is 5.32 Å². The van der Waals surface area contributed by atoms with Gasteiger partial charge in [-0.05, 0) is 47.2 Å². The van der Waals surface area contributed by atoms with Crippen molar-refractivity contribution >= 4 is 17.6 Å². The normalized spacial score (nSPS) is 10.7. The monoisotopic (exact) mass is 435 g/mol. The number of carboxylic acid groups (broad SMARTS) is 1. The molecule has 33 heavy (non-hydrogen) atoms. The van der Waals surface area contributed by atoms with Crippen molar-refractivity contribution in [1.82, 2.24) is 0 Å². The highest BCUT2D eigenvalue weighted by molar-refractivity contribution is 6.03. The van der Waals surface area contributed by atoms with Crippen LogP contribution in [0.3, 0.4) is 0 Å². The van der Waals surface area contributed by atoms with Gasteiger partial charge in [0, 0.05) is 0 Å². The molecule has 0 saturated heterocycles. The molecule has 0 heterocycles. The van der Waals surface area contributed by atoms with Crippen LogP contribution in [0, 0.1) is 0 Å². The van der Waals surface area contributed by atoms with Crippen molar-refractivity contribution in [3.8, 4) is 0 Å². The van der Waals surface area contributed by atoms with Crippen LogP contribution in [0.15, 0.2) is 109 Å². The maximum absolute atomic E-state index is 13.5. The van der Waals surface area contributed by atoms with E-state index in [2.05, 4.69) is 17.4 Å². The lowest BCUT2D eigenvalue weighted by Crippen LogP contribution is -2.23. The average Bonchev–Trinajstić information content (AvgIpc) is 2.85. The standard InChI is InChI=1S/C29H25NO3/c31-28(27(23-12-6-2-7-13-23)24-14-8-3-9-15-24)30-26-20-22(18-19-25(26)29(32)33)17-16-21-10-4-1-5-11-21/h1-15,18-20,27H,16-17H2,(H,30,31)(H,32,33). The van der Waals surface area contributed by atoms with Crippen LogP contribution < -0.4 is 5.32 Å². The molecule has 0 saturated carbocycles. The topological polar surface area (TPSA) is 66.4 Å². The van der Waals surface area contributed by atoms with Crippen molar-refractivity contribution in [2.45, 2.75) is 18.8 Å². The van der Waals surface area contributed by atoms with E-state index in [1.165, 1.54) is 5.56 Å². The number of carboxylic acids is 1. The molecule has 0 atom stereocenters. The van der Waals surface area contributed by atoms with Gasteiger partial charge in [-0.3, -0.25) is 4.79 Å². The number of carbonyl (C=O) groups is 2. The Morgan fingerprint density at radius 1 is 0.667 bits per heavy atom. The molecule has 4 aromatic carbocycles. The second-order valence-corrected chi connectivity index (χ2v) is 7.91. The molecule has 4 aromatic rings. The largest absolute Gasteiger partial charge is 0.478 e. The molecule has 164 valence electrons. The summed E-state index contributed by atoms with van der Waals surface area (Å²) < 4.78 is 0. The molecule has 0 spiro atoms. The maximum Gasteiger partial charge on any atom is 0.337 e. The first-order chi connectivity index (χ1) is 16.1. The number of nitrogens with one attached hydrogen (secondary N) is 1. The Balaban J connectivity index is 1.62. The molecular weight excluding hydrogens is 410 g/mol. The fourth-order valence-electron chi connectivity index (χ4n) is 3.96. The summed E-state index contributed by atoms with van der Waals surface area (Å²) in [5.41, 5.74) is 4.26. The van der Waals surface area contributed by atoms with Gasteiger partial charge in [0.1, 0.15) is 0 Å². The summed E-state index contributed by atoms with van der Waals surface area (Å²) in [5.74, 6) is -1.90. The lowest BCUT2D eigenvalue weighted by Gasteiger charge is -2.19. The third kappa shape index (κ3) is 5.55. The van der Waals surface area contributed by atoms with E-state index in [0.717, 1.165) is 29.5 Å². The first kappa shape index (κ1) is 22.0. The predicted octanol–water partition coefficient (Wildman–Crippen LogP) is 5.94. The minimum Gasteiger partial charge on any atom is -0.478 e. The van der Waals surface area contributed by atoms with Crippen LogP contribution in [0.4, 0.5) is 5.69 Å². The van der Waals surface area contributed by atoms with Crippen LogP contribution in [-0.4, -0.2) is 17.0 Å². The van der Waals surface area contributed by atoms with Gasteiger partial charge in [0.2, 0.25) is 5.91 Å². The number of hydrogen-bond acceptors (Lipinski definition) is 2. The molecule has 0 aliphatic carbocycles. The van der Waals surface area contributed by atoms with Crippen molar-refractivity contribution < 1.29 is 14.7 Å². The first-order valence-electron chi connectivity index (χ1n) is 10.9. The molecule has 0 bridgehead atoms. The third-order valence-corrected chi connectivity index (χ3v) is 5.65. The minimum absolute atomic E-state index is 0.0756. The van der Waals surface area contributed by atoms with Crippen LogP contribution in [-0.2, 0) is 17.6 Å². The molecule has 0 aliphatic heterocycles. The molecule has 0 fully saturated rings. The average molecular weight is 436 g/mol. The lowest BCUT2D eigenvalue weighted by molar-refractivity contribution is -0.116. The Morgan fingerprint density at radius 3 is 1.73 bits per heavy atom. The number of anilines is 1. The molecule has 4 heteroatoms. The van der Waals surface area contributed by atoms with Gasteiger partial charge in [0.05, 0.1) is 17.2 Å². The summed E-state index contributed by atoms with van der Waals surface area (Å²) in [5, 5.41) is 12.6. The molecule has 2 N–H and O–H groups in total. The number of carbonyl (C=O) groups excluding carboxylic acids is 1. The molecular formula is C29H25NO3. The van der Waals surface area contributed by atoms with E-state index in [1.54, 1.807) is 12.1 Å². The van der Waals surface area contributed by atoms with Crippen molar-refractivity contribution in [1.29, 1.82) is 0 Å². The Hall–Kier alpha value is -4.18. The zero-order valence-electron chi connectivity index (χ0n) is 18.1. The van der Waals surface area contributed by atoms with Crippen LogP contribution >= 0.6 is 0 Å². The molecule has 1 amide bonds. The Morgan fingerprint density at radius 2 is 1.18 bits per heavy atom. The SMILES string of the molecule is O=C(O)c1ccc(CCc2ccccc2)cc1NC(=O)C(c1ccccc1)c1ccccc1. The summed E-state index contributed by atoms with van der Waals surface area (Å²) >= 11 is 0. The summed E-state index contributed by atoms with van der Waals surface area (Å²) in [7, 11) is 0. The van der Waals surface area contributed by atoms with Gasteiger partial charge in [-0.1, -0.05) is 97.1 Å². The summed E-state index contributed by atoms with van der Waals surface area (Å²) in [6.07, 6.45) is 1.57. The third-order valence-electron chi connectivity index (χ3n) is 5.65. The maximum atomic E-state index is 13.5. The van der Waals surface area contributed by atoms with Gasteiger partial charge in [-0.25, -0.2) is 4.79 Å². The number of hydrogen-bond donors (Lipinski definition) is 2. The van der Waals surface area contributed by atoms with E-state index >= 15 is 0 Å². The van der Waals surface area contributed by atoms with Crippen LogP contribution in [0.5, 0.6) is 0 Å². The smallest absolute Gasteiger partial charge is 0.337 e. The van der Waals surface area contributed by atoms with Crippen LogP contribution in [0.2, 0.25) is 0 Å². The highest BCUT2D eigenvalue weighted by Gasteiger charge is 2.24. The Kier molecular flexibility index (Phi) is 6.96. The zero-order valence-corrected chi connectivity index (χ0v) is 18.1. The van der Waals surface area contributed by atoms with E-state index in [-0.39, 0.29) is 11.5 Å². The second-order valence-electron chi connectivity index (χ2n) is 7.91. The molecule has 4 rings (SSSR count). The number of aromatic carboxylic acids is 1. The van der Waals surface area contributed by atoms with Gasteiger partial charge in [0.25, 0.3) is 0 Å². The van der Waals surface area contributed by atoms with Gasteiger partial charge >= 0.3 is 5.97 Å². The first-order valence-corrected chi connectivity index (χ1v) is 10.9. The quantitative estimate of drug-likeness (QED) is 0.360. The van der Waals surface area contributed by atoms with Crippen molar-refractivity contribution in [3.63, 3.8) is 0 Å². The van der Waals surface area contributed by atoms with Gasteiger partial charge < -0.3 is 10.4 Å². The Labute approximate surface area is 193 Å². The fourth-order valence-corrected chi connectivity index (χ4v) is 3.96. The van der Waals surface area contributed by atoms with E-state index < -0.39 is 11.9 Å². The Bertz CT molecular complexity index is 1180. The second kappa shape index (κ2) is 10.4. The van der Waals surface area contributed by atoms with E-state index in [9.17, 15) is 14.7 Å². The highest BCUT2D eigenvalue weighted by atomic mass is 16.4. The van der Waals surface area contributed by atoms with Crippen LogP contribution in [0.1, 0.15) is 38.5 Å². The van der Waals surface area contributed by atoms with E-state index in [4.69, 9.17) is 0 Å². The number of aryl methyl sites for hydroxylation is 2. The number of amides is 1.